The maximum absolute atomic E-state index is 13.6. The normalized spacial score (nSPS) is 11.4. The Morgan fingerprint density at radius 1 is 0.816 bits per heavy atom. The zero-order chi connectivity index (χ0) is 27.6. The van der Waals surface area contributed by atoms with E-state index in [1.54, 1.807) is 37.3 Å². The molecule has 0 aliphatic rings. The minimum absolute atomic E-state index is 0.251. The Labute approximate surface area is 229 Å². The summed E-state index contributed by atoms with van der Waals surface area (Å²) in [6.45, 7) is 3.95. The molecule has 8 heteroatoms. The number of nitrogens with one attached hydrogen (secondary N) is 1. The summed E-state index contributed by atoms with van der Waals surface area (Å²) >= 11 is 12.7. The summed E-state index contributed by atoms with van der Waals surface area (Å²) < 4.78 is 45.4. The van der Waals surface area contributed by atoms with Crippen molar-refractivity contribution < 1.29 is 22.7 Å². The lowest BCUT2D eigenvalue weighted by atomic mass is 9.92. The van der Waals surface area contributed by atoms with Crippen LogP contribution in [0.5, 0.6) is 0 Å². The van der Waals surface area contributed by atoms with Crippen LogP contribution in [0.2, 0.25) is 10.0 Å². The van der Waals surface area contributed by atoms with Gasteiger partial charge in [-0.2, -0.15) is 13.2 Å². The minimum atomic E-state index is -4.50. The quantitative estimate of drug-likeness (QED) is 0.240. The van der Waals surface area contributed by atoms with Gasteiger partial charge in [-0.1, -0.05) is 47.5 Å². The van der Waals surface area contributed by atoms with E-state index in [0.29, 0.717) is 43.5 Å². The Balaban J connectivity index is 1.66. The Hall–Kier alpha value is -3.48. The lowest BCUT2D eigenvalue weighted by molar-refractivity contribution is -0.137. The van der Waals surface area contributed by atoms with Crippen molar-refractivity contribution >= 4 is 34.9 Å². The molecule has 0 heterocycles. The van der Waals surface area contributed by atoms with Gasteiger partial charge in [0.1, 0.15) is 0 Å². The third-order valence-electron chi connectivity index (χ3n) is 6.31. The standard InChI is InChI=1S/C30H24Cl2F3NO2/c1-17-12-19(29(37)38-3)5-9-25(17)27-14-21(30(33,34)35)6-4-20(27)16-36-23-8-11-26(28(32)15-23)24-10-7-22(31)13-18(24)2/h4-15,36H,16H2,1-3H3. The Bertz CT molecular complexity index is 1520. The van der Waals surface area contributed by atoms with E-state index in [1.165, 1.54) is 13.2 Å². The molecule has 0 bridgehead atoms. The Morgan fingerprint density at radius 3 is 2.11 bits per heavy atom. The fourth-order valence-electron chi connectivity index (χ4n) is 4.34. The van der Waals surface area contributed by atoms with Crippen LogP contribution < -0.4 is 5.32 Å². The van der Waals surface area contributed by atoms with E-state index < -0.39 is 17.7 Å². The van der Waals surface area contributed by atoms with E-state index in [9.17, 15) is 18.0 Å². The van der Waals surface area contributed by atoms with Gasteiger partial charge in [-0.25, -0.2) is 4.79 Å². The highest BCUT2D eigenvalue weighted by Crippen LogP contribution is 2.37. The predicted molar refractivity (Wildman–Crippen MR) is 147 cm³/mol. The molecule has 1 N–H and O–H groups in total. The van der Waals surface area contributed by atoms with Gasteiger partial charge in [0.2, 0.25) is 0 Å². The van der Waals surface area contributed by atoms with E-state index >= 15 is 0 Å². The number of ether oxygens (including phenoxy) is 1. The van der Waals surface area contributed by atoms with Crippen molar-refractivity contribution in [3.8, 4) is 22.3 Å². The molecule has 3 nitrogen and oxygen atoms in total. The topological polar surface area (TPSA) is 38.3 Å². The molecule has 0 radical (unpaired) electrons. The van der Waals surface area contributed by atoms with Crippen molar-refractivity contribution in [2.75, 3.05) is 12.4 Å². The van der Waals surface area contributed by atoms with Crippen LogP contribution in [0.25, 0.3) is 22.3 Å². The van der Waals surface area contributed by atoms with Gasteiger partial charge in [-0.3, -0.25) is 0 Å². The van der Waals surface area contributed by atoms with Crippen LogP contribution in [-0.2, 0) is 17.5 Å². The molecule has 0 unspecified atom stereocenters. The number of aryl methyl sites for hydroxylation is 2. The number of alkyl halides is 3. The van der Waals surface area contributed by atoms with Gasteiger partial charge in [0, 0.05) is 22.8 Å². The van der Waals surface area contributed by atoms with Gasteiger partial charge < -0.3 is 10.1 Å². The number of anilines is 1. The third-order valence-corrected chi connectivity index (χ3v) is 6.85. The van der Waals surface area contributed by atoms with Gasteiger partial charge in [0.15, 0.2) is 0 Å². The third kappa shape index (κ3) is 5.98. The SMILES string of the molecule is COC(=O)c1ccc(-c2cc(C(F)(F)F)ccc2CNc2ccc(-c3ccc(Cl)cc3C)c(Cl)c2)c(C)c1. The summed E-state index contributed by atoms with van der Waals surface area (Å²) in [4.78, 5) is 11.9. The second-order valence-corrected chi connectivity index (χ2v) is 9.74. The maximum atomic E-state index is 13.6. The van der Waals surface area contributed by atoms with Crippen LogP contribution in [0, 0.1) is 13.8 Å². The van der Waals surface area contributed by atoms with E-state index in [-0.39, 0.29) is 6.54 Å². The molecule has 0 fully saturated rings. The number of benzene rings is 4. The van der Waals surface area contributed by atoms with Gasteiger partial charge in [-0.05, 0) is 95.8 Å². The minimum Gasteiger partial charge on any atom is -0.465 e. The van der Waals surface area contributed by atoms with Gasteiger partial charge in [0.25, 0.3) is 0 Å². The average Bonchev–Trinajstić information content (AvgIpc) is 2.87. The molecule has 4 aromatic rings. The molecule has 196 valence electrons. The highest BCUT2D eigenvalue weighted by Gasteiger charge is 2.31. The molecule has 0 aliphatic heterocycles. The number of hydrogen-bond acceptors (Lipinski definition) is 3. The number of rotatable bonds is 6. The zero-order valence-electron chi connectivity index (χ0n) is 20.8. The van der Waals surface area contributed by atoms with E-state index in [4.69, 9.17) is 27.9 Å². The van der Waals surface area contributed by atoms with Crippen molar-refractivity contribution in [3.05, 3.63) is 111 Å². The first-order valence-electron chi connectivity index (χ1n) is 11.7. The highest BCUT2D eigenvalue weighted by atomic mass is 35.5. The number of esters is 1. The number of carbonyl (C=O) groups is 1. The van der Waals surface area contributed by atoms with Crippen LogP contribution in [-0.4, -0.2) is 13.1 Å². The van der Waals surface area contributed by atoms with Crippen LogP contribution in [0.4, 0.5) is 18.9 Å². The highest BCUT2D eigenvalue weighted by molar-refractivity contribution is 6.34. The summed E-state index contributed by atoms with van der Waals surface area (Å²) in [5.74, 6) is -0.514. The lowest BCUT2D eigenvalue weighted by Crippen LogP contribution is -2.08. The number of carbonyl (C=O) groups excluding carboxylic acids is 1. The Morgan fingerprint density at radius 2 is 1.47 bits per heavy atom. The first-order valence-corrected chi connectivity index (χ1v) is 12.4. The van der Waals surface area contributed by atoms with Crippen LogP contribution >= 0.6 is 23.2 Å². The fraction of sp³-hybridized carbons (Fsp3) is 0.167. The van der Waals surface area contributed by atoms with Crippen molar-refractivity contribution in [2.24, 2.45) is 0 Å². The maximum Gasteiger partial charge on any atom is 0.416 e. The van der Waals surface area contributed by atoms with Crippen LogP contribution in [0.3, 0.4) is 0 Å². The first-order chi connectivity index (χ1) is 18.0. The molecule has 38 heavy (non-hydrogen) atoms. The first kappa shape index (κ1) is 27.6. The smallest absolute Gasteiger partial charge is 0.416 e. The zero-order valence-corrected chi connectivity index (χ0v) is 22.4. The fourth-order valence-corrected chi connectivity index (χ4v) is 4.85. The second kappa shape index (κ2) is 11.1. The van der Waals surface area contributed by atoms with Crippen molar-refractivity contribution in [1.29, 1.82) is 0 Å². The van der Waals surface area contributed by atoms with Crippen molar-refractivity contribution in [2.45, 2.75) is 26.6 Å². The molecule has 4 rings (SSSR count). The van der Waals surface area contributed by atoms with E-state index in [0.717, 1.165) is 28.8 Å². The second-order valence-electron chi connectivity index (χ2n) is 8.90. The number of halogens is 5. The summed E-state index contributed by atoms with van der Waals surface area (Å²) in [7, 11) is 1.28. The van der Waals surface area contributed by atoms with Crippen molar-refractivity contribution in [1.82, 2.24) is 0 Å². The summed E-state index contributed by atoms with van der Waals surface area (Å²) in [6.07, 6.45) is -4.50. The van der Waals surface area contributed by atoms with Crippen LogP contribution in [0.1, 0.15) is 32.6 Å². The van der Waals surface area contributed by atoms with Gasteiger partial charge in [-0.15, -0.1) is 0 Å². The van der Waals surface area contributed by atoms with Gasteiger partial charge in [0.05, 0.1) is 23.3 Å². The van der Waals surface area contributed by atoms with E-state index in [2.05, 4.69) is 5.32 Å². The molecule has 0 aliphatic carbocycles. The summed E-state index contributed by atoms with van der Waals surface area (Å²) in [5, 5.41) is 4.44. The molecule has 0 saturated heterocycles. The van der Waals surface area contributed by atoms with Crippen LogP contribution in [0.15, 0.2) is 72.8 Å². The molecule has 0 atom stereocenters. The summed E-state index contributed by atoms with van der Waals surface area (Å²) in [6, 6.07) is 19.6. The van der Waals surface area contributed by atoms with E-state index in [1.807, 2.05) is 31.2 Å². The van der Waals surface area contributed by atoms with Gasteiger partial charge >= 0.3 is 12.1 Å². The molecule has 4 aromatic carbocycles. The Kier molecular flexibility index (Phi) is 8.05. The van der Waals surface area contributed by atoms with Crippen molar-refractivity contribution in [3.63, 3.8) is 0 Å². The number of hydrogen-bond donors (Lipinski definition) is 1. The largest absolute Gasteiger partial charge is 0.465 e. The molecule has 0 amide bonds. The predicted octanol–water partition coefficient (Wildman–Crippen LogP) is 9.36. The molecule has 0 spiro atoms. The molecular formula is C30H24Cl2F3NO2. The summed E-state index contributed by atoms with van der Waals surface area (Å²) in [5.41, 5.74) is 5.40. The molecule has 0 saturated carbocycles. The monoisotopic (exact) mass is 557 g/mol. The lowest BCUT2D eigenvalue weighted by Gasteiger charge is -2.17. The number of methoxy groups -OCH3 is 1. The molecule has 0 aromatic heterocycles. The molecular weight excluding hydrogens is 534 g/mol. The average molecular weight is 558 g/mol.